The van der Waals surface area contributed by atoms with Crippen molar-refractivity contribution < 1.29 is 0 Å². The van der Waals surface area contributed by atoms with Gasteiger partial charge in [0, 0.05) is 53.7 Å². The number of hydrogen-bond acceptors (Lipinski definition) is 2. The highest BCUT2D eigenvalue weighted by molar-refractivity contribution is 7.25. The van der Waals surface area contributed by atoms with Gasteiger partial charge in [0.2, 0.25) is 0 Å². The molecular weight excluding hydrogens is 709 g/mol. The molecule has 3 heteroatoms. The van der Waals surface area contributed by atoms with Gasteiger partial charge in [0.1, 0.15) is 0 Å². The van der Waals surface area contributed by atoms with Gasteiger partial charge in [-0.2, -0.15) is 0 Å². The Bertz CT molecular complexity index is 3220. The van der Waals surface area contributed by atoms with Crippen molar-refractivity contribution in [2.45, 2.75) is 0 Å². The fourth-order valence-electron chi connectivity index (χ4n) is 8.60. The van der Waals surface area contributed by atoms with Crippen molar-refractivity contribution in [1.29, 1.82) is 0 Å². The lowest BCUT2D eigenvalue weighted by Gasteiger charge is -2.27. The fraction of sp³-hybridized carbons (Fsp3) is 0. The van der Waals surface area contributed by atoms with Crippen molar-refractivity contribution >= 4 is 70.4 Å². The lowest BCUT2D eigenvalue weighted by Crippen LogP contribution is -2.10. The standard InChI is InChI=1S/C54H36N2S/c1-4-15-37(16-5-1)44-33-31-42(35-48(44)38-17-6-2-7-18-38)55(43-32-34-53-49(36-43)46-21-11-13-26-52(46)57-53)41-29-27-39(28-30-41)45-23-14-25-51-54(45)47-22-10-12-24-50(47)56(51)40-19-8-3-9-20-40/h1-36H. The molecule has 0 radical (unpaired) electrons. The van der Waals surface area contributed by atoms with Crippen molar-refractivity contribution in [2.24, 2.45) is 0 Å². The Hall–Kier alpha value is -7.20. The van der Waals surface area contributed by atoms with E-state index in [0.29, 0.717) is 0 Å². The number of aromatic nitrogens is 1. The summed E-state index contributed by atoms with van der Waals surface area (Å²) < 4.78 is 4.99. The number of thiophene rings is 1. The molecule has 0 fully saturated rings. The van der Waals surface area contributed by atoms with Gasteiger partial charge in [0.15, 0.2) is 0 Å². The predicted octanol–water partition coefficient (Wildman–Crippen LogP) is 15.6. The smallest absolute Gasteiger partial charge is 0.0547 e. The Kier molecular flexibility index (Phi) is 8.04. The van der Waals surface area contributed by atoms with Gasteiger partial charge in [-0.05, 0) is 106 Å². The van der Waals surface area contributed by atoms with Crippen LogP contribution in [-0.2, 0) is 0 Å². The molecule has 0 unspecified atom stereocenters. The Labute approximate surface area is 335 Å². The van der Waals surface area contributed by atoms with Crippen LogP contribution in [0.2, 0.25) is 0 Å². The van der Waals surface area contributed by atoms with Crippen LogP contribution in [0.25, 0.3) is 81.0 Å². The maximum Gasteiger partial charge on any atom is 0.0547 e. The average Bonchev–Trinajstić information content (AvgIpc) is 3.83. The molecule has 11 aromatic rings. The molecule has 0 aliphatic heterocycles. The molecule has 0 saturated heterocycles. The second kappa shape index (κ2) is 13.8. The molecule has 0 bridgehead atoms. The summed E-state index contributed by atoms with van der Waals surface area (Å²) in [6, 6.07) is 79.4. The monoisotopic (exact) mass is 744 g/mol. The molecule has 0 amide bonds. The third-order valence-corrected chi connectivity index (χ3v) is 12.3. The van der Waals surface area contributed by atoms with Crippen LogP contribution in [-0.4, -0.2) is 4.57 Å². The number of fused-ring (bicyclic) bond motifs is 6. The molecule has 2 nitrogen and oxygen atoms in total. The van der Waals surface area contributed by atoms with E-state index in [4.69, 9.17) is 0 Å². The van der Waals surface area contributed by atoms with Gasteiger partial charge >= 0.3 is 0 Å². The van der Waals surface area contributed by atoms with E-state index < -0.39 is 0 Å². The molecule has 0 aliphatic carbocycles. The summed E-state index contributed by atoms with van der Waals surface area (Å²) in [6.45, 7) is 0. The van der Waals surface area contributed by atoms with E-state index in [1.165, 1.54) is 75.4 Å². The number of nitrogens with zero attached hydrogens (tertiary/aromatic N) is 2. The molecule has 0 N–H and O–H groups in total. The van der Waals surface area contributed by atoms with E-state index >= 15 is 0 Å². The molecule has 268 valence electrons. The molecule has 0 saturated carbocycles. The highest BCUT2D eigenvalue weighted by atomic mass is 32.1. The SMILES string of the molecule is c1ccc(-c2ccc(N(c3ccc(-c4cccc5c4c4ccccc4n5-c4ccccc4)cc3)c3ccc4sc5ccccc5c4c3)cc2-c2ccccc2)cc1. The molecule has 57 heavy (non-hydrogen) atoms. The van der Waals surface area contributed by atoms with Gasteiger partial charge < -0.3 is 9.47 Å². The van der Waals surface area contributed by atoms with Gasteiger partial charge in [-0.3, -0.25) is 0 Å². The van der Waals surface area contributed by atoms with Crippen LogP contribution in [0.1, 0.15) is 0 Å². The topological polar surface area (TPSA) is 8.17 Å². The van der Waals surface area contributed by atoms with Crippen LogP contribution >= 0.6 is 11.3 Å². The van der Waals surface area contributed by atoms with E-state index in [0.717, 1.165) is 22.7 Å². The maximum atomic E-state index is 2.42. The van der Waals surface area contributed by atoms with Crippen molar-refractivity contribution in [3.05, 3.63) is 218 Å². The highest BCUT2D eigenvalue weighted by Gasteiger charge is 2.20. The van der Waals surface area contributed by atoms with Gasteiger partial charge in [-0.1, -0.05) is 146 Å². The van der Waals surface area contributed by atoms with Gasteiger partial charge in [0.05, 0.1) is 11.0 Å². The summed E-state index contributed by atoms with van der Waals surface area (Å²) in [4.78, 5) is 2.42. The normalized spacial score (nSPS) is 11.5. The Morgan fingerprint density at radius 3 is 1.67 bits per heavy atom. The number of benzene rings is 9. The lowest BCUT2D eigenvalue weighted by atomic mass is 9.93. The van der Waals surface area contributed by atoms with Crippen LogP contribution in [0.15, 0.2) is 218 Å². The fourth-order valence-corrected chi connectivity index (χ4v) is 9.69. The minimum absolute atomic E-state index is 1.10. The molecular formula is C54H36N2S. The molecule has 2 aromatic heterocycles. The number of hydrogen-bond donors (Lipinski definition) is 0. The van der Waals surface area contributed by atoms with E-state index in [2.05, 4.69) is 228 Å². The maximum absolute atomic E-state index is 2.42. The third kappa shape index (κ3) is 5.71. The van der Waals surface area contributed by atoms with Crippen molar-refractivity contribution in [3.8, 4) is 39.1 Å². The number of anilines is 3. The first-order valence-electron chi connectivity index (χ1n) is 19.4. The molecule has 0 spiro atoms. The van der Waals surface area contributed by atoms with Crippen molar-refractivity contribution in [1.82, 2.24) is 4.57 Å². The van der Waals surface area contributed by atoms with Crippen LogP contribution in [0.4, 0.5) is 17.1 Å². The first-order valence-corrected chi connectivity index (χ1v) is 20.2. The summed E-state index contributed by atoms with van der Waals surface area (Å²) in [5, 5.41) is 5.09. The zero-order valence-corrected chi connectivity index (χ0v) is 31.9. The zero-order valence-electron chi connectivity index (χ0n) is 31.1. The van der Waals surface area contributed by atoms with Gasteiger partial charge in [-0.25, -0.2) is 0 Å². The first-order chi connectivity index (χ1) is 28.3. The summed E-state index contributed by atoms with van der Waals surface area (Å²) in [5.74, 6) is 0. The largest absolute Gasteiger partial charge is 0.310 e. The highest BCUT2D eigenvalue weighted by Crippen LogP contribution is 2.45. The Morgan fingerprint density at radius 2 is 0.895 bits per heavy atom. The first kappa shape index (κ1) is 33.2. The second-order valence-corrected chi connectivity index (χ2v) is 15.6. The third-order valence-electron chi connectivity index (χ3n) is 11.2. The minimum atomic E-state index is 1.10. The molecule has 0 aliphatic rings. The predicted molar refractivity (Wildman–Crippen MR) is 245 cm³/mol. The molecule has 11 rings (SSSR count). The number of para-hydroxylation sites is 2. The molecule has 2 heterocycles. The van der Waals surface area contributed by atoms with Crippen LogP contribution < -0.4 is 4.90 Å². The van der Waals surface area contributed by atoms with Gasteiger partial charge in [0.25, 0.3) is 0 Å². The Morgan fingerprint density at radius 1 is 0.333 bits per heavy atom. The Balaban J connectivity index is 1.09. The van der Waals surface area contributed by atoms with Crippen LogP contribution in [0.5, 0.6) is 0 Å². The van der Waals surface area contributed by atoms with E-state index in [1.807, 2.05) is 11.3 Å². The molecule has 9 aromatic carbocycles. The lowest BCUT2D eigenvalue weighted by molar-refractivity contribution is 1.18. The van der Waals surface area contributed by atoms with E-state index in [-0.39, 0.29) is 0 Å². The van der Waals surface area contributed by atoms with Crippen LogP contribution in [0.3, 0.4) is 0 Å². The van der Waals surface area contributed by atoms with Crippen LogP contribution in [0, 0.1) is 0 Å². The molecule has 0 atom stereocenters. The number of rotatable bonds is 7. The second-order valence-electron chi connectivity index (χ2n) is 14.5. The van der Waals surface area contributed by atoms with Gasteiger partial charge in [-0.15, -0.1) is 11.3 Å². The minimum Gasteiger partial charge on any atom is -0.310 e. The summed E-state index contributed by atoms with van der Waals surface area (Å²) in [7, 11) is 0. The van der Waals surface area contributed by atoms with Crippen molar-refractivity contribution in [2.75, 3.05) is 4.90 Å². The summed E-state index contributed by atoms with van der Waals surface area (Å²) in [6.07, 6.45) is 0. The summed E-state index contributed by atoms with van der Waals surface area (Å²) in [5.41, 5.74) is 14.1. The van der Waals surface area contributed by atoms with E-state index in [9.17, 15) is 0 Å². The average molecular weight is 745 g/mol. The van der Waals surface area contributed by atoms with Crippen molar-refractivity contribution in [3.63, 3.8) is 0 Å². The quantitative estimate of drug-likeness (QED) is 0.158. The zero-order chi connectivity index (χ0) is 37.7. The summed E-state index contributed by atoms with van der Waals surface area (Å²) >= 11 is 1.85. The van der Waals surface area contributed by atoms with E-state index in [1.54, 1.807) is 0 Å².